The Balaban J connectivity index is 2.61. The van der Waals surface area contributed by atoms with Gasteiger partial charge in [-0.25, -0.2) is 4.79 Å². The van der Waals surface area contributed by atoms with Crippen molar-refractivity contribution < 1.29 is 24.6 Å². The molecule has 0 aliphatic rings. The molecule has 7 heteroatoms. The normalized spacial score (nSPS) is 12.0. The molecule has 0 saturated carbocycles. The third-order valence-corrected chi connectivity index (χ3v) is 3.03. The van der Waals surface area contributed by atoms with Crippen LogP contribution in [0.2, 0.25) is 0 Å². The summed E-state index contributed by atoms with van der Waals surface area (Å²) in [6, 6.07) is 6.00. The van der Waals surface area contributed by atoms with Gasteiger partial charge in [0.2, 0.25) is 5.91 Å². The predicted octanol–water partition coefficient (Wildman–Crippen LogP) is 1.90. The van der Waals surface area contributed by atoms with Gasteiger partial charge in [-0.05, 0) is 30.2 Å². The van der Waals surface area contributed by atoms with Crippen molar-refractivity contribution in [3.8, 4) is 0 Å². The van der Waals surface area contributed by atoms with Gasteiger partial charge in [0.05, 0.1) is 0 Å². The summed E-state index contributed by atoms with van der Waals surface area (Å²) in [4.78, 5) is 33.0. The van der Waals surface area contributed by atoms with Crippen LogP contribution >= 0.6 is 15.9 Å². The first-order valence-electron chi connectivity index (χ1n) is 6.07. The van der Waals surface area contributed by atoms with Crippen LogP contribution in [0.5, 0.6) is 0 Å². The van der Waals surface area contributed by atoms with Crippen molar-refractivity contribution in [2.75, 3.05) is 0 Å². The molecule has 21 heavy (non-hydrogen) atoms. The SMILES string of the molecule is O=C(O)CCC(NC(=O)/C=C/c1cccc(Br)c1)C(=O)O. The molecular formula is C14H14BrNO5. The third kappa shape index (κ3) is 6.71. The zero-order chi connectivity index (χ0) is 15.8. The van der Waals surface area contributed by atoms with E-state index >= 15 is 0 Å². The van der Waals surface area contributed by atoms with Gasteiger partial charge in [0.15, 0.2) is 0 Å². The van der Waals surface area contributed by atoms with Crippen LogP contribution in [0, 0.1) is 0 Å². The third-order valence-electron chi connectivity index (χ3n) is 2.54. The number of rotatable bonds is 7. The topological polar surface area (TPSA) is 104 Å². The molecule has 1 amide bonds. The second kappa shape index (κ2) is 8.21. The highest BCUT2D eigenvalue weighted by Crippen LogP contribution is 2.12. The molecule has 1 rings (SSSR count). The lowest BCUT2D eigenvalue weighted by molar-refractivity contribution is -0.142. The number of halogens is 1. The molecule has 3 N–H and O–H groups in total. The zero-order valence-electron chi connectivity index (χ0n) is 11.0. The molecule has 0 saturated heterocycles. The van der Waals surface area contributed by atoms with E-state index in [4.69, 9.17) is 10.2 Å². The van der Waals surface area contributed by atoms with Crippen LogP contribution in [0.1, 0.15) is 18.4 Å². The highest BCUT2D eigenvalue weighted by atomic mass is 79.9. The summed E-state index contributed by atoms with van der Waals surface area (Å²) in [6.45, 7) is 0. The smallest absolute Gasteiger partial charge is 0.326 e. The van der Waals surface area contributed by atoms with Crippen LogP contribution < -0.4 is 5.32 Å². The molecule has 112 valence electrons. The van der Waals surface area contributed by atoms with Gasteiger partial charge >= 0.3 is 11.9 Å². The Morgan fingerprint density at radius 1 is 1.29 bits per heavy atom. The largest absolute Gasteiger partial charge is 0.481 e. The number of carboxylic acid groups (broad SMARTS) is 2. The Kier molecular flexibility index (Phi) is 6.61. The van der Waals surface area contributed by atoms with E-state index in [0.29, 0.717) is 0 Å². The molecule has 1 unspecified atom stereocenters. The second-order valence-electron chi connectivity index (χ2n) is 4.22. The molecule has 1 atom stereocenters. The van der Waals surface area contributed by atoms with Crippen LogP contribution in [-0.2, 0) is 14.4 Å². The monoisotopic (exact) mass is 355 g/mol. The summed E-state index contributed by atoms with van der Waals surface area (Å²) in [5, 5.41) is 19.7. The Bertz CT molecular complexity index is 570. The first kappa shape index (κ1) is 16.9. The van der Waals surface area contributed by atoms with Crippen LogP contribution in [0.15, 0.2) is 34.8 Å². The number of carbonyl (C=O) groups excluding carboxylic acids is 1. The summed E-state index contributed by atoms with van der Waals surface area (Å²) >= 11 is 3.29. The summed E-state index contributed by atoms with van der Waals surface area (Å²) < 4.78 is 0.856. The first-order chi connectivity index (χ1) is 9.88. The Morgan fingerprint density at radius 2 is 2.00 bits per heavy atom. The van der Waals surface area contributed by atoms with Gasteiger partial charge in [-0.3, -0.25) is 9.59 Å². The van der Waals surface area contributed by atoms with Crippen molar-refractivity contribution in [2.45, 2.75) is 18.9 Å². The number of nitrogens with one attached hydrogen (secondary N) is 1. The maximum Gasteiger partial charge on any atom is 0.326 e. The molecule has 0 radical (unpaired) electrons. The van der Waals surface area contributed by atoms with E-state index in [2.05, 4.69) is 21.2 Å². The molecule has 1 aromatic rings. The summed E-state index contributed by atoms with van der Waals surface area (Å²) in [6.07, 6.45) is 2.25. The number of aliphatic carboxylic acids is 2. The predicted molar refractivity (Wildman–Crippen MR) is 79.6 cm³/mol. The quantitative estimate of drug-likeness (QED) is 0.648. The van der Waals surface area contributed by atoms with Gasteiger partial charge in [-0.1, -0.05) is 28.1 Å². The summed E-state index contributed by atoms with van der Waals surface area (Å²) in [5.41, 5.74) is 0.775. The van der Waals surface area contributed by atoms with Crippen LogP contribution in [0.3, 0.4) is 0 Å². The van der Waals surface area contributed by atoms with Gasteiger partial charge in [0, 0.05) is 17.0 Å². The molecular weight excluding hydrogens is 342 g/mol. The maximum absolute atomic E-state index is 11.6. The minimum absolute atomic E-state index is 0.166. The van der Waals surface area contributed by atoms with Crippen molar-refractivity contribution in [1.29, 1.82) is 0 Å². The van der Waals surface area contributed by atoms with Crippen LogP contribution in [-0.4, -0.2) is 34.1 Å². The highest BCUT2D eigenvalue weighted by Gasteiger charge is 2.19. The van der Waals surface area contributed by atoms with E-state index in [9.17, 15) is 14.4 Å². The minimum Gasteiger partial charge on any atom is -0.481 e. The molecule has 6 nitrogen and oxygen atoms in total. The number of amides is 1. The Hall–Kier alpha value is -2.15. The molecule has 0 bridgehead atoms. The number of carbonyl (C=O) groups is 3. The molecule has 0 heterocycles. The van der Waals surface area contributed by atoms with Gasteiger partial charge in [0.1, 0.15) is 6.04 Å². The van der Waals surface area contributed by atoms with Crippen LogP contribution in [0.4, 0.5) is 0 Å². The number of hydrogen-bond donors (Lipinski definition) is 3. The van der Waals surface area contributed by atoms with Gasteiger partial charge in [-0.15, -0.1) is 0 Å². The number of benzene rings is 1. The van der Waals surface area contributed by atoms with Crippen molar-refractivity contribution in [1.82, 2.24) is 5.32 Å². The standard InChI is InChI=1S/C14H14BrNO5/c15-10-3-1-2-9(8-10)4-6-12(17)16-11(14(20)21)5-7-13(18)19/h1-4,6,8,11H,5,7H2,(H,16,17)(H,18,19)(H,20,21)/b6-4+. The summed E-state index contributed by atoms with van der Waals surface area (Å²) in [7, 11) is 0. The average molecular weight is 356 g/mol. The van der Waals surface area contributed by atoms with E-state index in [-0.39, 0.29) is 12.8 Å². The molecule has 0 fully saturated rings. The minimum atomic E-state index is -1.26. The van der Waals surface area contributed by atoms with E-state index in [1.54, 1.807) is 18.2 Å². The van der Waals surface area contributed by atoms with Crippen molar-refractivity contribution >= 4 is 39.9 Å². The zero-order valence-corrected chi connectivity index (χ0v) is 12.5. The lowest BCUT2D eigenvalue weighted by Crippen LogP contribution is -2.40. The van der Waals surface area contributed by atoms with E-state index in [0.717, 1.165) is 10.0 Å². The van der Waals surface area contributed by atoms with Gasteiger partial charge in [-0.2, -0.15) is 0 Å². The lowest BCUT2D eigenvalue weighted by atomic mass is 10.1. The van der Waals surface area contributed by atoms with Gasteiger partial charge < -0.3 is 15.5 Å². The number of hydrogen-bond acceptors (Lipinski definition) is 3. The fourth-order valence-corrected chi connectivity index (χ4v) is 1.94. The lowest BCUT2D eigenvalue weighted by Gasteiger charge is -2.11. The maximum atomic E-state index is 11.6. The van der Waals surface area contributed by atoms with E-state index in [1.807, 2.05) is 6.07 Å². The number of carboxylic acids is 2. The first-order valence-corrected chi connectivity index (χ1v) is 6.86. The fourth-order valence-electron chi connectivity index (χ4n) is 1.53. The van der Waals surface area contributed by atoms with Crippen molar-refractivity contribution in [2.24, 2.45) is 0 Å². The van der Waals surface area contributed by atoms with Gasteiger partial charge in [0.25, 0.3) is 0 Å². The fraction of sp³-hybridized carbons (Fsp3) is 0.214. The van der Waals surface area contributed by atoms with Crippen molar-refractivity contribution in [3.63, 3.8) is 0 Å². The van der Waals surface area contributed by atoms with Crippen molar-refractivity contribution in [3.05, 3.63) is 40.4 Å². The molecule has 0 aliphatic heterocycles. The van der Waals surface area contributed by atoms with Crippen LogP contribution in [0.25, 0.3) is 6.08 Å². The molecule has 1 aromatic carbocycles. The van der Waals surface area contributed by atoms with E-state index < -0.39 is 23.9 Å². The molecule has 0 aromatic heterocycles. The summed E-state index contributed by atoms with van der Waals surface area (Å²) in [5.74, 6) is -2.96. The molecule has 0 spiro atoms. The Labute approximate surface area is 129 Å². The second-order valence-corrected chi connectivity index (χ2v) is 5.14. The highest BCUT2D eigenvalue weighted by molar-refractivity contribution is 9.10. The molecule has 0 aliphatic carbocycles. The average Bonchev–Trinajstić information content (AvgIpc) is 2.40. The Morgan fingerprint density at radius 3 is 2.57 bits per heavy atom. The van der Waals surface area contributed by atoms with E-state index in [1.165, 1.54) is 12.2 Å².